The molecule has 0 bridgehead atoms. The monoisotopic (exact) mass is 417 g/mol. The number of pyridine rings is 1. The first-order valence-corrected chi connectivity index (χ1v) is 8.29. The summed E-state index contributed by atoms with van der Waals surface area (Å²) in [7, 11) is 0. The number of aliphatic carboxylic acids is 1. The van der Waals surface area contributed by atoms with E-state index >= 15 is 0 Å². The number of carboxylic acid groups (broad SMARTS) is 1. The normalized spacial score (nSPS) is 10.4. The molecule has 0 saturated carbocycles. The van der Waals surface area contributed by atoms with Gasteiger partial charge in [0.1, 0.15) is 18.2 Å². The molecular formula is C17H13BrFN5O2. The minimum Gasteiger partial charge on any atom is -0.480 e. The van der Waals surface area contributed by atoms with Gasteiger partial charge in [0.15, 0.2) is 0 Å². The first-order chi connectivity index (χ1) is 12.5. The maximum atomic E-state index is 13.3. The van der Waals surface area contributed by atoms with Gasteiger partial charge < -0.3 is 15.7 Å². The molecule has 7 nitrogen and oxygen atoms in total. The summed E-state index contributed by atoms with van der Waals surface area (Å²) in [5.41, 5.74) is 1.71. The van der Waals surface area contributed by atoms with Crippen LogP contribution in [-0.4, -0.2) is 32.6 Å². The number of hydrogen-bond donors (Lipinski definition) is 3. The van der Waals surface area contributed by atoms with Crippen molar-refractivity contribution in [2.24, 2.45) is 0 Å². The summed E-state index contributed by atoms with van der Waals surface area (Å²) in [4.78, 5) is 23.6. The molecule has 3 aromatic rings. The van der Waals surface area contributed by atoms with Crippen LogP contribution in [0.5, 0.6) is 0 Å². The van der Waals surface area contributed by atoms with Crippen molar-refractivity contribution < 1.29 is 14.3 Å². The summed E-state index contributed by atoms with van der Waals surface area (Å²) in [6.45, 7) is -0.328. The molecule has 26 heavy (non-hydrogen) atoms. The third-order valence-electron chi connectivity index (χ3n) is 3.25. The van der Waals surface area contributed by atoms with Crippen molar-refractivity contribution in [1.82, 2.24) is 15.0 Å². The minimum atomic E-state index is -1.03. The zero-order valence-corrected chi connectivity index (χ0v) is 14.9. The fraction of sp³-hybridized carbons (Fsp3) is 0.0588. The number of halogens is 2. The summed E-state index contributed by atoms with van der Waals surface area (Å²) in [6.07, 6.45) is 1.63. The van der Waals surface area contributed by atoms with E-state index in [0.29, 0.717) is 27.4 Å². The Balaban J connectivity index is 1.97. The molecule has 0 saturated heterocycles. The Hall–Kier alpha value is -3.07. The molecule has 2 heterocycles. The molecule has 9 heteroatoms. The number of benzene rings is 1. The van der Waals surface area contributed by atoms with Gasteiger partial charge >= 0.3 is 5.97 Å². The van der Waals surface area contributed by atoms with Crippen LogP contribution >= 0.6 is 15.9 Å². The molecule has 0 amide bonds. The van der Waals surface area contributed by atoms with Gasteiger partial charge in [0, 0.05) is 16.7 Å². The van der Waals surface area contributed by atoms with Gasteiger partial charge in [0.05, 0.1) is 17.1 Å². The fourth-order valence-electron chi connectivity index (χ4n) is 2.12. The Kier molecular flexibility index (Phi) is 5.37. The summed E-state index contributed by atoms with van der Waals surface area (Å²) < 4.78 is 13.8. The minimum absolute atomic E-state index is 0.135. The molecule has 0 aliphatic rings. The smallest absolute Gasteiger partial charge is 0.322 e. The second-order valence-corrected chi connectivity index (χ2v) is 6.03. The second kappa shape index (κ2) is 7.87. The molecule has 2 aromatic heterocycles. The van der Waals surface area contributed by atoms with Crippen LogP contribution < -0.4 is 10.6 Å². The number of rotatable bonds is 6. The number of carbonyl (C=O) groups is 1. The molecule has 0 radical (unpaired) electrons. The number of carboxylic acids is 1. The molecule has 1 aromatic carbocycles. The molecule has 0 unspecified atom stereocenters. The van der Waals surface area contributed by atoms with Crippen LogP contribution in [0.2, 0.25) is 0 Å². The summed E-state index contributed by atoms with van der Waals surface area (Å²) in [5.74, 6) is -0.868. The van der Waals surface area contributed by atoms with Crippen LogP contribution in [0.15, 0.2) is 53.1 Å². The van der Waals surface area contributed by atoms with Crippen molar-refractivity contribution in [3.8, 4) is 11.4 Å². The fourth-order valence-corrected chi connectivity index (χ4v) is 2.57. The first-order valence-electron chi connectivity index (χ1n) is 7.49. The predicted molar refractivity (Wildman–Crippen MR) is 98.8 cm³/mol. The highest BCUT2D eigenvalue weighted by molar-refractivity contribution is 9.10. The van der Waals surface area contributed by atoms with Gasteiger partial charge in [-0.1, -0.05) is 6.07 Å². The zero-order valence-electron chi connectivity index (χ0n) is 13.3. The van der Waals surface area contributed by atoms with E-state index in [4.69, 9.17) is 5.11 Å². The highest BCUT2D eigenvalue weighted by Crippen LogP contribution is 2.27. The highest BCUT2D eigenvalue weighted by atomic mass is 79.9. The molecular weight excluding hydrogens is 405 g/mol. The van der Waals surface area contributed by atoms with Gasteiger partial charge in [0.2, 0.25) is 5.95 Å². The average Bonchev–Trinajstić information content (AvgIpc) is 2.63. The summed E-state index contributed by atoms with van der Waals surface area (Å²) >= 11 is 3.28. The van der Waals surface area contributed by atoms with Gasteiger partial charge in [0.25, 0.3) is 0 Å². The average molecular weight is 418 g/mol. The van der Waals surface area contributed by atoms with Gasteiger partial charge in [-0.25, -0.2) is 9.37 Å². The lowest BCUT2D eigenvalue weighted by molar-refractivity contribution is -0.134. The lowest BCUT2D eigenvalue weighted by Gasteiger charge is -2.11. The van der Waals surface area contributed by atoms with Crippen molar-refractivity contribution in [1.29, 1.82) is 0 Å². The number of hydrogen-bond acceptors (Lipinski definition) is 6. The topological polar surface area (TPSA) is 100 Å². The van der Waals surface area contributed by atoms with Gasteiger partial charge in [-0.2, -0.15) is 4.98 Å². The van der Waals surface area contributed by atoms with Crippen LogP contribution in [0.4, 0.5) is 21.8 Å². The Morgan fingerprint density at radius 1 is 1.15 bits per heavy atom. The first kappa shape index (κ1) is 17.7. The van der Waals surface area contributed by atoms with E-state index in [9.17, 15) is 9.18 Å². The van der Waals surface area contributed by atoms with Crippen molar-refractivity contribution in [2.45, 2.75) is 0 Å². The van der Waals surface area contributed by atoms with Gasteiger partial charge in [-0.3, -0.25) is 9.78 Å². The van der Waals surface area contributed by atoms with Crippen LogP contribution in [0.25, 0.3) is 11.4 Å². The van der Waals surface area contributed by atoms with E-state index in [-0.39, 0.29) is 18.3 Å². The molecule has 0 aliphatic carbocycles. The van der Waals surface area contributed by atoms with Gasteiger partial charge in [-0.05, 0) is 46.3 Å². The summed E-state index contributed by atoms with van der Waals surface area (Å²) in [5, 5.41) is 14.5. The molecule has 0 spiro atoms. The van der Waals surface area contributed by atoms with Crippen molar-refractivity contribution in [3.05, 3.63) is 59.0 Å². The van der Waals surface area contributed by atoms with Gasteiger partial charge in [-0.15, -0.1) is 0 Å². The second-order valence-electron chi connectivity index (χ2n) is 5.17. The molecule has 3 rings (SSSR count). The Labute approximate surface area is 156 Å². The van der Waals surface area contributed by atoms with Crippen LogP contribution in [0.3, 0.4) is 0 Å². The van der Waals surface area contributed by atoms with E-state index in [1.807, 2.05) is 6.07 Å². The standard InChI is InChI=1S/C17H13BrFN5O2/c18-11-7-10(19)4-5-12(11)22-15-8-14(13-3-1-2-6-20-13)23-17(24-15)21-9-16(25)26/h1-8H,9H2,(H,25,26)(H2,21,22,23,24). The molecule has 0 atom stereocenters. The molecule has 0 aliphatic heterocycles. The number of nitrogens with zero attached hydrogens (tertiary/aromatic N) is 3. The predicted octanol–water partition coefficient (Wildman–Crippen LogP) is 3.68. The largest absolute Gasteiger partial charge is 0.480 e. The van der Waals surface area contributed by atoms with Crippen molar-refractivity contribution >= 4 is 39.4 Å². The lowest BCUT2D eigenvalue weighted by Crippen LogP contribution is -2.15. The Morgan fingerprint density at radius 2 is 2.00 bits per heavy atom. The van der Waals surface area contributed by atoms with E-state index in [1.165, 1.54) is 12.1 Å². The van der Waals surface area contributed by atoms with E-state index < -0.39 is 5.97 Å². The Bertz CT molecular complexity index is 940. The number of nitrogens with one attached hydrogen (secondary N) is 2. The Morgan fingerprint density at radius 3 is 2.69 bits per heavy atom. The molecule has 0 fully saturated rings. The quantitative estimate of drug-likeness (QED) is 0.562. The maximum absolute atomic E-state index is 13.3. The van der Waals surface area contributed by atoms with Crippen LogP contribution in [0.1, 0.15) is 0 Å². The van der Waals surface area contributed by atoms with E-state index in [0.717, 1.165) is 0 Å². The van der Waals surface area contributed by atoms with Crippen LogP contribution in [-0.2, 0) is 4.79 Å². The van der Waals surface area contributed by atoms with Crippen LogP contribution in [0, 0.1) is 5.82 Å². The SMILES string of the molecule is O=C(O)CNc1nc(Nc2ccc(F)cc2Br)cc(-c2ccccn2)n1. The number of aromatic nitrogens is 3. The van der Waals surface area contributed by atoms with E-state index in [2.05, 4.69) is 41.5 Å². The third kappa shape index (κ3) is 4.51. The lowest BCUT2D eigenvalue weighted by atomic mass is 10.2. The number of anilines is 3. The zero-order chi connectivity index (χ0) is 18.5. The molecule has 3 N–H and O–H groups in total. The highest BCUT2D eigenvalue weighted by Gasteiger charge is 2.10. The van der Waals surface area contributed by atoms with Crippen molar-refractivity contribution in [2.75, 3.05) is 17.2 Å². The summed E-state index contributed by atoms with van der Waals surface area (Å²) in [6, 6.07) is 11.3. The molecule has 132 valence electrons. The maximum Gasteiger partial charge on any atom is 0.322 e. The van der Waals surface area contributed by atoms with Crippen molar-refractivity contribution in [3.63, 3.8) is 0 Å². The third-order valence-corrected chi connectivity index (χ3v) is 3.90. The van der Waals surface area contributed by atoms with E-state index in [1.54, 1.807) is 30.5 Å².